The highest BCUT2D eigenvalue weighted by atomic mass is 16.7. The molecule has 1 amide bonds. The number of hydrogen-bond donors (Lipinski definition) is 1. The van der Waals surface area contributed by atoms with E-state index < -0.39 is 5.79 Å². The van der Waals surface area contributed by atoms with E-state index in [1.54, 1.807) is 12.5 Å². The molecule has 0 aromatic carbocycles. The standard InChI is InChI=1S/C32H51NO5/c1-19(18-33-21(3)34)10-15-32(36-7)20(2)29-28(38-32)17-27-25-9-8-23-16-24(37-22(4)35)11-13-30(23,5)26(25)12-14-31(27,29)6/h8,19-20,24-29H,9-18H2,1-7H3,(H,33,34)/t19?,20?,24?,25?,26?,27?,28?,29?,30-,31-,32?/m0/s1. The first-order valence-electron chi connectivity index (χ1n) is 15.3. The van der Waals surface area contributed by atoms with E-state index in [1.807, 2.05) is 7.11 Å². The maximum atomic E-state index is 11.6. The van der Waals surface area contributed by atoms with Crippen LogP contribution in [-0.4, -0.2) is 43.5 Å². The SMILES string of the molecule is COC1(CCC(C)CNC(C)=O)OC2CC3C4CC=C5CC(OC(C)=O)CC[C@]5(C)C4CC[C@]3(C)C2C1C. The Morgan fingerprint density at radius 1 is 1.18 bits per heavy atom. The second-order valence-corrected chi connectivity index (χ2v) is 14.1. The average molecular weight is 530 g/mol. The lowest BCUT2D eigenvalue weighted by Crippen LogP contribution is -2.52. The van der Waals surface area contributed by atoms with E-state index in [0.29, 0.717) is 36.1 Å². The lowest BCUT2D eigenvalue weighted by atomic mass is 9.47. The van der Waals surface area contributed by atoms with Crippen LogP contribution in [0.5, 0.6) is 0 Å². The van der Waals surface area contributed by atoms with Gasteiger partial charge in [-0.2, -0.15) is 0 Å². The molecule has 3 saturated carbocycles. The molecule has 0 radical (unpaired) electrons. The first-order chi connectivity index (χ1) is 17.9. The van der Waals surface area contributed by atoms with Gasteiger partial charge in [-0.05, 0) is 85.4 Å². The summed E-state index contributed by atoms with van der Waals surface area (Å²) in [6, 6.07) is 0. The summed E-state index contributed by atoms with van der Waals surface area (Å²) in [5, 5.41) is 2.96. The van der Waals surface area contributed by atoms with E-state index in [4.69, 9.17) is 14.2 Å². The number of amides is 1. The molecule has 5 aliphatic rings. The van der Waals surface area contributed by atoms with E-state index in [-0.39, 0.29) is 34.9 Å². The molecule has 1 heterocycles. The van der Waals surface area contributed by atoms with Crippen LogP contribution in [0.15, 0.2) is 11.6 Å². The van der Waals surface area contributed by atoms with E-state index in [9.17, 15) is 9.59 Å². The van der Waals surface area contributed by atoms with Gasteiger partial charge in [-0.15, -0.1) is 0 Å². The monoisotopic (exact) mass is 529 g/mol. The molecule has 1 saturated heterocycles. The van der Waals surface area contributed by atoms with Crippen LogP contribution in [0.1, 0.15) is 99.3 Å². The van der Waals surface area contributed by atoms with E-state index in [0.717, 1.165) is 50.9 Å². The first kappa shape index (κ1) is 28.1. The Morgan fingerprint density at radius 3 is 2.63 bits per heavy atom. The van der Waals surface area contributed by atoms with Crippen LogP contribution < -0.4 is 5.32 Å². The number of rotatable bonds is 7. The van der Waals surface area contributed by atoms with Crippen LogP contribution in [0.2, 0.25) is 0 Å². The number of ether oxygens (including phenoxy) is 3. The third-order valence-electron chi connectivity index (χ3n) is 12.1. The predicted molar refractivity (Wildman–Crippen MR) is 147 cm³/mol. The Hall–Kier alpha value is -1.40. The van der Waals surface area contributed by atoms with Gasteiger partial charge in [0, 0.05) is 46.3 Å². The first-order valence-corrected chi connectivity index (χ1v) is 15.3. The van der Waals surface area contributed by atoms with Crippen molar-refractivity contribution in [2.45, 2.75) is 117 Å². The molecule has 0 bridgehead atoms. The minimum absolute atomic E-state index is 0.0314. The van der Waals surface area contributed by atoms with Crippen LogP contribution in [0.25, 0.3) is 0 Å². The average Bonchev–Trinajstić information content (AvgIpc) is 3.31. The zero-order valence-electron chi connectivity index (χ0n) is 24.8. The second-order valence-electron chi connectivity index (χ2n) is 14.1. The molecule has 1 aliphatic heterocycles. The topological polar surface area (TPSA) is 73.9 Å². The number of methoxy groups -OCH3 is 1. The molecule has 6 heteroatoms. The summed E-state index contributed by atoms with van der Waals surface area (Å²) in [4.78, 5) is 22.9. The number of nitrogens with one attached hydrogen (secondary N) is 1. The molecule has 4 fully saturated rings. The third-order valence-corrected chi connectivity index (χ3v) is 12.1. The van der Waals surface area contributed by atoms with Gasteiger partial charge in [-0.3, -0.25) is 9.59 Å². The predicted octanol–water partition coefficient (Wildman–Crippen LogP) is 6.04. The summed E-state index contributed by atoms with van der Waals surface area (Å²) in [7, 11) is 1.83. The number of esters is 1. The normalized spacial score (nSPS) is 46.2. The Morgan fingerprint density at radius 2 is 1.95 bits per heavy atom. The zero-order valence-corrected chi connectivity index (χ0v) is 24.8. The fourth-order valence-electron chi connectivity index (χ4n) is 10.1. The largest absolute Gasteiger partial charge is 0.462 e. The maximum Gasteiger partial charge on any atom is 0.302 e. The molecule has 0 spiro atoms. The minimum atomic E-state index is -0.522. The molecule has 1 N–H and O–H groups in total. The zero-order chi connectivity index (χ0) is 27.5. The molecular formula is C32H51NO5. The van der Waals surface area contributed by atoms with Crippen molar-refractivity contribution in [2.75, 3.05) is 13.7 Å². The minimum Gasteiger partial charge on any atom is -0.462 e. The van der Waals surface area contributed by atoms with Gasteiger partial charge < -0.3 is 19.5 Å². The van der Waals surface area contributed by atoms with Crippen molar-refractivity contribution in [1.82, 2.24) is 5.32 Å². The summed E-state index contributed by atoms with van der Waals surface area (Å²) >= 11 is 0. The summed E-state index contributed by atoms with van der Waals surface area (Å²) in [6.07, 6.45) is 12.6. The fraction of sp³-hybridized carbons (Fsp3) is 0.875. The summed E-state index contributed by atoms with van der Waals surface area (Å²) < 4.78 is 18.8. The maximum absolute atomic E-state index is 11.6. The van der Waals surface area contributed by atoms with E-state index in [1.165, 1.54) is 19.8 Å². The molecule has 6 nitrogen and oxygen atoms in total. The third kappa shape index (κ3) is 4.56. The van der Waals surface area contributed by atoms with Crippen molar-refractivity contribution in [1.29, 1.82) is 0 Å². The molecule has 0 aromatic rings. The van der Waals surface area contributed by atoms with Gasteiger partial charge in [-0.1, -0.05) is 39.3 Å². The van der Waals surface area contributed by atoms with Crippen molar-refractivity contribution >= 4 is 11.9 Å². The van der Waals surface area contributed by atoms with Crippen LogP contribution in [0, 0.1) is 46.3 Å². The smallest absolute Gasteiger partial charge is 0.302 e. The van der Waals surface area contributed by atoms with Crippen LogP contribution in [0.4, 0.5) is 0 Å². The van der Waals surface area contributed by atoms with Gasteiger partial charge in [0.05, 0.1) is 6.10 Å². The molecular weight excluding hydrogens is 478 g/mol. The van der Waals surface area contributed by atoms with Crippen molar-refractivity contribution in [3.63, 3.8) is 0 Å². The van der Waals surface area contributed by atoms with Crippen LogP contribution >= 0.6 is 0 Å². The van der Waals surface area contributed by atoms with Crippen molar-refractivity contribution in [2.24, 2.45) is 46.3 Å². The lowest BCUT2D eigenvalue weighted by molar-refractivity contribution is -0.238. The lowest BCUT2D eigenvalue weighted by Gasteiger charge is -2.58. The van der Waals surface area contributed by atoms with Crippen molar-refractivity contribution in [3.05, 3.63) is 11.6 Å². The van der Waals surface area contributed by atoms with Gasteiger partial charge in [0.25, 0.3) is 0 Å². The number of carbonyl (C=O) groups is 2. The highest BCUT2D eigenvalue weighted by Crippen LogP contribution is 2.70. The highest BCUT2D eigenvalue weighted by molar-refractivity contribution is 5.72. The van der Waals surface area contributed by atoms with Gasteiger partial charge >= 0.3 is 5.97 Å². The van der Waals surface area contributed by atoms with Crippen molar-refractivity contribution < 1.29 is 23.8 Å². The van der Waals surface area contributed by atoms with Crippen molar-refractivity contribution in [3.8, 4) is 0 Å². The molecule has 9 unspecified atom stereocenters. The highest BCUT2D eigenvalue weighted by Gasteiger charge is 2.68. The molecule has 4 aliphatic carbocycles. The number of allylic oxidation sites excluding steroid dienone is 1. The Balaban J connectivity index is 1.30. The second kappa shape index (κ2) is 10.2. The number of hydrogen-bond acceptors (Lipinski definition) is 5. The Bertz CT molecular complexity index is 963. The van der Waals surface area contributed by atoms with Crippen LogP contribution in [-0.2, 0) is 23.8 Å². The molecule has 5 rings (SSSR count). The number of carbonyl (C=O) groups excluding carboxylic acids is 2. The van der Waals surface area contributed by atoms with Crippen LogP contribution in [0.3, 0.4) is 0 Å². The van der Waals surface area contributed by atoms with E-state index in [2.05, 4.69) is 39.1 Å². The quantitative estimate of drug-likeness (QED) is 0.322. The van der Waals surface area contributed by atoms with Gasteiger partial charge in [-0.25, -0.2) is 0 Å². The molecule has 11 atom stereocenters. The van der Waals surface area contributed by atoms with Gasteiger partial charge in [0.15, 0.2) is 5.79 Å². The fourth-order valence-corrected chi connectivity index (χ4v) is 10.1. The van der Waals surface area contributed by atoms with Gasteiger partial charge in [0.2, 0.25) is 5.91 Å². The summed E-state index contributed by atoms with van der Waals surface area (Å²) in [5.41, 5.74) is 2.07. The molecule has 0 aromatic heterocycles. The number of fused-ring (bicyclic) bond motifs is 7. The Kier molecular flexibility index (Phi) is 7.56. The van der Waals surface area contributed by atoms with Gasteiger partial charge in [0.1, 0.15) is 6.10 Å². The molecule has 38 heavy (non-hydrogen) atoms. The summed E-state index contributed by atoms with van der Waals surface area (Å²) in [6.45, 7) is 13.5. The Labute approximate surface area is 230 Å². The summed E-state index contributed by atoms with van der Waals surface area (Å²) in [5.74, 6) is 2.74. The van der Waals surface area contributed by atoms with E-state index >= 15 is 0 Å². The molecule has 214 valence electrons.